The average molecular weight is 458 g/mol. The molecule has 0 unspecified atom stereocenters. The molecule has 0 saturated carbocycles. The Kier molecular flexibility index (Phi) is 7.06. The molecule has 0 aliphatic carbocycles. The molecule has 2 aromatic rings. The zero-order chi connectivity index (χ0) is 20.9. The van der Waals surface area contributed by atoms with Crippen molar-refractivity contribution < 1.29 is 22.8 Å². The lowest BCUT2D eigenvalue weighted by Crippen LogP contribution is -2.28. The summed E-state index contributed by atoms with van der Waals surface area (Å²) in [6, 6.07) is 9.86. The van der Waals surface area contributed by atoms with Crippen LogP contribution in [0.4, 0.5) is 24.5 Å². The molecule has 0 aliphatic heterocycles. The van der Waals surface area contributed by atoms with Crippen LogP contribution in [-0.2, 0) is 11.0 Å². The largest absolute Gasteiger partial charge is 0.416 e. The molecule has 2 rings (SSSR count). The van der Waals surface area contributed by atoms with Crippen molar-refractivity contribution in [3.63, 3.8) is 0 Å². The van der Waals surface area contributed by atoms with E-state index in [9.17, 15) is 22.8 Å². The van der Waals surface area contributed by atoms with Gasteiger partial charge in [0.1, 0.15) is 0 Å². The van der Waals surface area contributed by atoms with Gasteiger partial charge in [0, 0.05) is 37.1 Å². The minimum Gasteiger partial charge on any atom is -0.376 e. The van der Waals surface area contributed by atoms with E-state index in [0.29, 0.717) is 11.3 Å². The van der Waals surface area contributed by atoms with Crippen LogP contribution in [0.2, 0.25) is 0 Å². The molecule has 2 N–H and O–H groups in total. The molecule has 0 fully saturated rings. The van der Waals surface area contributed by atoms with E-state index >= 15 is 0 Å². The van der Waals surface area contributed by atoms with E-state index in [4.69, 9.17) is 0 Å². The number of hydrogen-bond donors (Lipinski definition) is 2. The first kappa shape index (κ1) is 21.7. The molecule has 28 heavy (non-hydrogen) atoms. The van der Waals surface area contributed by atoms with Gasteiger partial charge in [-0.15, -0.1) is 0 Å². The van der Waals surface area contributed by atoms with Crippen LogP contribution in [0.1, 0.15) is 22.3 Å². The molecule has 2 aromatic carbocycles. The van der Waals surface area contributed by atoms with Crippen LogP contribution < -0.4 is 15.5 Å². The maximum absolute atomic E-state index is 12.9. The van der Waals surface area contributed by atoms with Gasteiger partial charge < -0.3 is 15.5 Å². The van der Waals surface area contributed by atoms with Gasteiger partial charge in [-0.1, -0.05) is 15.9 Å². The lowest BCUT2D eigenvalue weighted by atomic mass is 10.1. The van der Waals surface area contributed by atoms with Crippen molar-refractivity contribution in [3.05, 3.63) is 58.1 Å². The third kappa shape index (κ3) is 5.98. The van der Waals surface area contributed by atoms with Crippen molar-refractivity contribution >= 4 is 39.1 Å². The summed E-state index contributed by atoms with van der Waals surface area (Å²) in [5, 5.41) is 5.09. The van der Waals surface area contributed by atoms with Gasteiger partial charge in [0.05, 0.1) is 16.9 Å². The highest BCUT2D eigenvalue weighted by Crippen LogP contribution is 2.34. The minimum absolute atomic E-state index is 0.0526. The topological polar surface area (TPSA) is 61.4 Å². The van der Waals surface area contributed by atoms with Crippen LogP contribution in [-0.4, -0.2) is 32.5 Å². The summed E-state index contributed by atoms with van der Waals surface area (Å²) in [4.78, 5) is 25.7. The highest BCUT2D eigenvalue weighted by molar-refractivity contribution is 9.10. The third-order valence-electron chi connectivity index (χ3n) is 3.82. The fraction of sp³-hybridized carbons (Fsp3) is 0.263. The predicted octanol–water partition coefficient (Wildman–Crippen LogP) is 4.29. The number of anilines is 2. The minimum atomic E-state index is -4.51. The molecule has 0 atom stereocenters. The highest BCUT2D eigenvalue weighted by Gasteiger charge is 2.31. The number of nitrogens with one attached hydrogen (secondary N) is 2. The number of hydrogen-bond acceptors (Lipinski definition) is 3. The summed E-state index contributed by atoms with van der Waals surface area (Å²) in [7, 11) is 3.33. The molecule has 0 spiro atoms. The predicted molar refractivity (Wildman–Crippen MR) is 105 cm³/mol. The number of rotatable bonds is 6. The van der Waals surface area contributed by atoms with Crippen LogP contribution >= 0.6 is 15.9 Å². The molecule has 0 radical (unpaired) electrons. The van der Waals surface area contributed by atoms with Crippen molar-refractivity contribution in [2.45, 2.75) is 12.6 Å². The van der Waals surface area contributed by atoms with E-state index < -0.39 is 17.6 Å². The van der Waals surface area contributed by atoms with E-state index in [1.165, 1.54) is 6.07 Å². The number of carbonyl (C=O) groups excluding carboxylic acids is 2. The number of carbonyl (C=O) groups is 2. The molecule has 0 saturated heterocycles. The number of alkyl halides is 3. The lowest BCUT2D eigenvalue weighted by molar-refractivity contribution is -0.137. The second-order valence-corrected chi connectivity index (χ2v) is 7.10. The van der Waals surface area contributed by atoms with Crippen molar-refractivity contribution in [3.8, 4) is 0 Å². The van der Waals surface area contributed by atoms with E-state index in [1.54, 1.807) is 43.3 Å². The van der Waals surface area contributed by atoms with Gasteiger partial charge in [0.2, 0.25) is 5.91 Å². The van der Waals surface area contributed by atoms with E-state index in [0.717, 1.165) is 16.6 Å². The number of amides is 2. The third-order valence-corrected chi connectivity index (χ3v) is 4.35. The Hall–Kier alpha value is -2.55. The Morgan fingerprint density at radius 1 is 1.07 bits per heavy atom. The van der Waals surface area contributed by atoms with Gasteiger partial charge in [0.25, 0.3) is 5.91 Å². The molecule has 0 heterocycles. The fourth-order valence-corrected chi connectivity index (χ4v) is 2.67. The Morgan fingerprint density at radius 2 is 1.71 bits per heavy atom. The van der Waals surface area contributed by atoms with Crippen molar-refractivity contribution in [2.75, 3.05) is 30.9 Å². The fourth-order valence-electron chi connectivity index (χ4n) is 2.41. The number of benzene rings is 2. The molecule has 0 aliphatic rings. The maximum Gasteiger partial charge on any atom is 0.416 e. The summed E-state index contributed by atoms with van der Waals surface area (Å²) in [6.45, 7) is 0.0526. The maximum atomic E-state index is 12.9. The summed E-state index contributed by atoms with van der Waals surface area (Å²) < 4.78 is 39.7. The first-order chi connectivity index (χ1) is 13.1. The molecule has 9 heteroatoms. The van der Waals surface area contributed by atoms with Gasteiger partial charge in [-0.05, 0) is 42.5 Å². The first-order valence-corrected chi connectivity index (χ1v) is 9.09. The lowest BCUT2D eigenvalue weighted by Gasteiger charge is -2.20. The standard InChI is InChI=1S/C19H19BrF3N3O2/c1-26(2)16-8-5-13(19(21,22)23)11-15(16)25-17(27)9-10-24-18(28)12-3-6-14(20)7-4-12/h3-8,11H,9-10H2,1-2H3,(H,24,28)(H,25,27). The van der Waals surface area contributed by atoms with Crippen LogP contribution in [0, 0.1) is 0 Å². The highest BCUT2D eigenvalue weighted by atomic mass is 79.9. The van der Waals surface area contributed by atoms with Gasteiger partial charge >= 0.3 is 6.18 Å². The molecule has 2 amide bonds. The van der Waals surface area contributed by atoms with E-state index in [-0.39, 0.29) is 24.6 Å². The molecular weight excluding hydrogens is 439 g/mol. The van der Waals surface area contributed by atoms with Crippen LogP contribution in [0.5, 0.6) is 0 Å². The van der Waals surface area contributed by atoms with Crippen molar-refractivity contribution in [2.24, 2.45) is 0 Å². The monoisotopic (exact) mass is 457 g/mol. The molecular formula is C19H19BrF3N3O2. The SMILES string of the molecule is CN(C)c1ccc(C(F)(F)F)cc1NC(=O)CCNC(=O)c1ccc(Br)cc1. The summed E-state index contributed by atoms with van der Waals surface area (Å²) in [6.07, 6.45) is -4.59. The summed E-state index contributed by atoms with van der Waals surface area (Å²) in [5.41, 5.74) is 0.0950. The zero-order valence-corrected chi connectivity index (χ0v) is 16.8. The number of halogens is 4. The van der Waals surface area contributed by atoms with Crippen molar-refractivity contribution in [1.29, 1.82) is 0 Å². The second-order valence-electron chi connectivity index (χ2n) is 6.19. The van der Waals surface area contributed by atoms with Gasteiger partial charge in [-0.2, -0.15) is 13.2 Å². The van der Waals surface area contributed by atoms with Gasteiger partial charge in [0.15, 0.2) is 0 Å². The van der Waals surface area contributed by atoms with E-state index in [1.807, 2.05) is 0 Å². The summed E-state index contributed by atoms with van der Waals surface area (Å²) in [5.74, 6) is -0.841. The second kappa shape index (κ2) is 9.09. The van der Waals surface area contributed by atoms with E-state index in [2.05, 4.69) is 26.6 Å². The Bertz CT molecular complexity index is 852. The normalized spacial score (nSPS) is 11.1. The van der Waals surface area contributed by atoms with Crippen LogP contribution in [0.15, 0.2) is 46.9 Å². The Balaban J connectivity index is 1.98. The molecule has 150 valence electrons. The first-order valence-electron chi connectivity index (χ1n) is 8.30. The Labute approximate surface area is 169 Å². The molecule has 5 nitrogen and oxygen atoms in total. The smallest absolute Gasteiger partial charge is 0.376 e. The average Bonchev–Trinajstić information content (AvgIpc) is 2.61. The quantitative estimate of drug-likeness (QED) is 0.679. The van der Waals surface area contributed by atoms with Crippen LogP contribution in [0.25, 0.3) is 0 Å². The van der Waals surface area contributed by atoms with Gasteiger partial charge in [-0.3, -0.25) is 9.59 Å². The zero-order valence-electron chi connectivity index (χ0n) is 15.2. The number of nitrogens with zero attached hydrogens (tertiary/aromatic N) is 1. The molecule has 0 aromatic heterocycles. The van der Waals surface area contributed by atoms with Gasteiger partial charge in [-0.25, -0.2) is 0 Å². The van der Waals surface area contributed by atoms with Crippen molar-refractivity contribution in [1.82, 2.24) is 5.32 Å². The molecule has 0 bridgehead atoms. The summed E-state index contributed by atoms with van der Waals surface area (Å²) >= 11 is 3.27. The Morgan fingerprint density at radius 3 is 2.29 bits per heavy atom. The van der Waals surface area contributed by atoms with Crippen LogP contribution in [0.3, 0.4) is 0 Å².